The Bertz CT molecular complexity index is 2220. The topological polar surface area (TPSA) is 108 Å². The van der Waals surface area contributed by atoms with Crippen LogP contribution in [0, 0.1) is 0 Å². The molecule has 8 nitrogen and oxygen atoms in total. The van der Waals surface area contributed by atoms with Crippen molar-refractivity contribution in [2.45, 2.75) is 25.9 Å². The first kappa shape index (κ1) is 36.9. The Kier molecular flexibility index (Phi) is 12.7. The molecule has 0 aliphatic rings. The molecule has 2 aromatic carbocycles. The minimum atomic E-state index is -0.00220. The second kappa shape index (κ2) is 18.6. The highest BCUT2D eigenvalue weighted by Gasteiger charge is 2.12. The number of fused-ring (bicyclic) bond motifs is 2. The number of hydrogen-bond donors (Lipinski definition) is 4. The Morgan fingerprint density at radius 2 is 1.11 bits per heavy atom. The summed E-state index contributed by atoms with van der Waals surface area (Å²) in [6.07, 6.45) is 8.96. The van der Waals surface area contributed by atoms with Crippen molar-refractivity contribution in [3.05, 3.63) is 163 Å². The largest absolute Gasteiger partial charge is 0.381 e. The van der Waals surface area contributed by atoms with Gasteiger partial charge in [0.05, 0.1) is 9.75 Å². The van der Waals surface area contributed by atoms with E-state index in [-0.39, 0.29) is 11.8 Å². The van der Waals surface area contributed by atoms with Gasteiger partial charge in [-0.1, -0.05) is 18.2 Å². The van der Waals surface area contributed by atoms with Gasteiger partial charge >= 0.3 is 0 Å². The number of aromatic nitrogens is 2. The minimum Gasteiger partial charge on any atom is -0.381 e. The van der Waals surface area contributed by atoms with E-state index in [0.717, 1.165) is 72.8 Å². The van der Waals surface area contributed by atoms with Crippen LogP contribution in [-0.4, -0.2) is 34.9 Å². The van der Waals surface area contributed by atoms with Crippen molar-refractivity contribution in [1.29, 1.82) is 0 Å². The monoisotopic (exact) mass is 786 g/mol. The molecular weight excluding hydrogens is 749 g/mol. The number of benzene rings is 2. The SMILES string of the molecule is O=C(NCCc1cccs1)c1cc2cc(NCc3cccnc3)ccc2s1.O=C(NCCc1cccs1)c1cc2cc(NCc3ccncc3)ccc2s1. The maximum Gasteiger partial charge on any atom is 0.261 e. The molecule has 0 fully saturated rings. The van der Waals surface area contributed by atoms with Gasteiger partial charge in [0.25, 0.3) is 11.8 Å². The second-order valence-corrected chi connectivity index (χ2v) is 16.6. The second-order valence-electron chi connectivity index (χ2n) is 12.3. The van der Waals surface area contributed by atoms with Gasteiger partial charge in [0.1, 0.15) is 0 Å². The fraction of sp³-hybridized carbons (Fsp3) is 0.143. The van der Waals surface area contributed by atoms with E-state index in [2.05, 4.69) is 84.5 Å². The highest BCUT2D eigenvalue weighted by Crippen LogP contribution is 2.30. The number of hydrogen-bond acceptors (Lipinski definition) is 10. The van der Waals surface area contributed by atoms with Crippen LogP contribution in [0.5, 0.6) is 0 Å². The van der Waals surface area contributed by atoms with Gasteiger partial charge in [0, 0.05) is 81.5 Å². The van der Waals surface area contributed by atoms with Crippen molar-refractivity contribution < 1.29 is 9.59 Å². The highest BCUT2D eigenvalue weighted by molar-refractivity contribution is 7.21. The van der Waals surface area contributed by atoms with E-state index in [1.165, 1.54) is 38.0 Å². The van der Waals surface area contributed by atoms with Gasteiger partial charge in [-0.05, 0) is 124 Å². The Morgan fingerprint density at radius 3 is 1.61 bits per heavy atom. The third kappa shape index (κ3) is 10.4. The molecule has 0 aliphatic heterocycles. The molecule has 6 heterocycles. The standard InChI is InChI=1S/2C21H19N3OS2/c25-21(23-9-7-18-4-2-10-26-18)20-12-16-11-17(5-6-19(16)27-20)24-14-15-3-1-8-22-13-15;25-21(23-10-7-18-2-1-11-26-18)20-13-16-12-17(3-4-19(16)27-20)24-14-15-5-8-22-9-6-15/h1-6,8,10-13,24H,7,9,14H2,(H,23,25);1-6,8-9,11-13,24H,7,10,14H2,(H,23,25). The molecule has 0 aliphatic carbocycles. The summed E-state index contributed by atoms with van der Waals surface area (Å²) in [6.45, 7) is 2.78. The molecule has 0 radical (unpaired) electrons. The number of nitrogens with one attached hydrogen (secondary N) is 4. The van der Waals surface area contributed by atoms with Crippen LogP contribution < -0.4 is 21.3 Å². The number of rotatable bonds is 14. The lowest BCUT2D eigenvalue weighted by atomic mass is 10.2. The van der Waals surface area contributed by atoms with Crippen molar-refractivity contribution in [3.8, 4) is 0 Å². The quantitative estimate of drug-likeness (QED) is 0.0875. The van der Waals surface area contributed by atoms with Gasteiger partial charge in [-0.3, -0.25) is 19.6 Å². The molecular formula is C42H38N6O2S4. The number of thiophene rings is 4. The fourth-order valence-electron chi connectivity index (χ4n) is 5.62. The van der Waals surface area contributed by atoms with Gasteiger partial charge in [-0.15, -0.1) is 45.3 Å². The van der Waals surface area contributed by atoms with Crippen molar-refractivity contribution in [2.75, 3.05) is 23.7 Å². The van der Waals surface area contributed by atoms with E-state index in [9.17, 15) is 9.59 Å². The summed E-state index contributed by atoms with van der Waals surface area (Å²) in [5, 5.41) is 19.1. The zero-order valence-corrected chi connectivity index (χ0v) is 32.6. The normalized spacial score (nSPS) is 10.8. The highest BCUT2D eigenvalue weighted by atomic mass is 32.1. The van der Waals surface area contributed by atoms with Crippen LogP contribution in [0.25, 0.3) is 20.2 Å². The number of amides is 2. The lowest BCUT2D eigenvalue weighted by Crippen LogP contribution is -2.24. The van der Waals surface area contributed by atoms with Crippen molar-refractivity contribution in [2.24, 2.45) is 0 Å². The number of anilines is 2. The number of nitrogens with zero attached hydrogens (tertiary/aromatic N) is 2. The van der Waals surface area contributed by atoms with Gasteiger partial charge < -0.3 is 21.3 Å². The van der Waals surface area contributed by atoms with E-state index in [0.29, 0.717) is 13.1 Å². The molecule has 54 heavy (non-hydrogen) atoms. The number of carbonyl (C=O) groups is 2. The summed E-state index contributed by atoms with van der Waals surface area (Å²) >= 11 is 6.50. The first-order chi connectivity index (χ1) is 26.6. The van der Waals surface area contributed by atoms with E-state index < -0.39 is 0 Å². The summed E-state index contributed by atoms with van der Waals surface area (Å²) in [7, 11) is 0. The molecule has 4 N–H and O–H groups in total. The van der Waals surface area contributed by atoms with Crippen LogP contribution in [-0.2, 0) is 25.9 Å². The first-order valence-corrected chi connectivity index (χ1v) is 20.9. The van der Waals surface area contributed by atoms with E-state index in [1.54, 1.807) is 41.3 Å². The molecule has 8 aromatic rings. The molecule has 0 spiro atoms. The van der Waals surface area contributed by atoms with E-state index in [1.807, 2.05) is 60.8 Å². The smallest absolute Gasteiger partial charge is 0.261 e. The van der Waals surface area contributed by atoms with Gasteiger partial charge in [-0.2, -0.15) is 0 Å². The predicted octanol–water partition coefficient (Wildman–Crippen LogP) is 9.88. The van der Waals surface area contributed by atoms with Crippen LogP contribution in [0.15, 0.2) is 133 Å². The summed E-state index contributed by atoms with van der Waals surface area (Å²) < 4.78 is 2.23. The molecule has 0 atom stereocenters. The van der Waals surface area contributed by atoms with E-state index >= 15 is 0 Å². The molecule has 0 unspecified atom stereocenters. The van der Waals surface area contributed by atoms with Gasteiger partial charge in [0.15, 0.2) is 0 Å². The average Bonchev–Trinajstić information content (AvgIpc) is 4.05. The number of carbonyl (C=O) groups excluding carboxylic acids is 2. The van der Waals surface area contributed by atoms with Crippen LogP contribution >= 0.6 is 45.3 Å². The molecule has 0 saturated carbocycles. The molecule has 2 amide bonds. The van der Waals surface area contributed by atoms with Gasteiger partial charge in [0.2, 0.25) is 0 Å². The molecule has 6 aromatic heterocycles. The van der Waals surface area contributed by atoms with Crippen LogP contribution in [0.2, 0.25) is 0 Å². The van der Waals surface area contributed by atoms with Crippen LogP contribution in [0.3, 0.4) is 0 Å². The Balaban J connectivity index is 0.000000167. The van der Waals surface area contributed by atoms with E-state index in [4.69, 9.17) is 0 Å². The lowest BCUT2D eigenvalue weighted by Gasteiger charge is -2.06. The minimum absolute atomic E-state index is 0.000879. The third-order valence-corrected chi connectivity index (χ3v) is 12.5. The summed E-state index contributed by atoms with van der Waals surface area (Å²) in [5.74, 6) is -0.00308. The molecule has 0 bridgehead atoms. The summed E-state index contributed by atoms with van der Waals surface area (Å²) in [6, 6.07) is 32.6. The van der Waals surface area contributed by atoms with Gasteiger partial charge in [-0.25, -0.2) is 0 Å². The molecule has 272 valence electrons. The summed E-state index contributed by atoms with van der Waals surface area (Å²) in [5.41, 5.74) is 4.39. The van der Waals surface area contributed by atoms with Crippen LogP contribution in [0.4, 0.5) is 11.4 Å². The predicted molar refractivity (Wildman–Crippen MR) is 227 cm³/mol. The molecule has 0 saturated heterocycles. The third-order valence-electron chi connectivity index (χ3n) is 8.42. The summed E-state index contributed by atoms with van der Waals surface area (Å²) in [4.78, 5) is 37.1. The maximum absolute atomic E-state index is 12.4. The zero-order chi connectivity index (χ0) is 37.0. The maximum atomic E-state index is 12.4. The number of pyridine rings is 2. The Labute approximate surface area is 330 Å². The Morgan fingerprint density at radius 1 is 0.556 bits per heavy atom. The van der Waals surface area contributed by atoms with Crippen molar-refractivity contribution >= 4 is 88.7 Å². The zero-order valence-electron chi connectivity index (χ0n) is 29.3. The average molecular weight is 787 g/mol. The van der Waals surface area contributed by atoms with Crippen molar-refractivity contribution in [3.63, 3.8) is 0 Å². The fourth-order valence-corrected chi connectivity index (χ4v) is 8.96. The Hall–Kier alpha value is -5.40. The molecule has 8 rings (SSSR count). The lowest BCUT2D eigenvalue weighted by molar-refractivity contribution is 0.0950. The first-order valence-electron chi connectivity index (χ1n) is 17.5. The van der Waals surface area contributed by atoms with Crippen LogP contribution in [0.1, 0.15) is 40.2 Å². The molecule has 12 heteroatoms. The van der Waals surface area contributed by atoms with Crippen molar-refractivity contribution in [1.82, 2.24) is 20.6 Å².